The molecule has 7 aromatic rings. The monoisotopic (exact) mass is 757 g/mol. The van der Waals surface area contributed by atoms with Gasteiger partial charge >= 0.3 is 0 Å². The van der Waals surface area contributed by atoms with Gasteiger partial charge in [0.15, 0.2) is 0 Å². The molecular weight excluding hydrogens is 673 g/mol. The van der Waals surface area contributed by atoms with Crippen molar-refractivity contribution in [2.24, 2.45) is 0 Å². The SMILES string of the molecule is C.C.C.C.C.C.CC(C)O.CC(C)O.CC(C)O.CC(C)O.CC(C)O.CC(C)O.c1cc2ccc3ccc4ccc5ccc6ccc1c1c2c3c4c5c61. The zero-order valence-electron chi connectivity index (χ0n) is 31.1. The molecule has 6 heteroatoms. The molecule has 0 heterocycles. The minimum absolute atomic E-state index is 0. The molecule has 312 valence electrons. The minimum Gasteiger partial charge on any atom is -0.394 e. The summed E-state index contributed by atoms with van der Waals surface area (Å²) in [5, 5.41) is 65.0. The molecular formula is C48H84O6. The number of aliphatic hydroxyl groups is 6. The summed E-state index contributed by atoms with van der Waals surface area (Å²) in [5.41, 5.74) is 0. The second-order valence-corrected chi connectivity index (χ2v) is 13.5. The van der Waals surface area contributed by atoms with Gasteiger partial charge in [0.25, 0.3) is 0 Å². The van der Waals surface area contributed by atoms with E-state index in [1.165, 1.54) is 64.6 Å². The van der Waals surface area contributed by atoms with E-state index >= 15 is 0 Å². The number of aliphatic hydroxyl groups excluding tert-OH is 6. The number of rotatable bonds is 0. The van der Waals surface area contributed by atoms with Crippen LogP contribution in [0.2, 0.25) is 0 Å². The van der Waals surface area contributed by atoms with Gasteiger partial charge in [-0.05, 0) is 148 Å². The zero-order chi connectivity index (χ0) is 36.9. The highest BCUT2D eigenvalue weighted by atomic mass is 16.3. The second kappa shape index (κ2) is 29.9. The number of hydrogen-bond acceptors (Lipinski definition) is 6. The second-order valence-electron chi connectivity index (χ2n) is 13.5. The molecule has 0 atom stereocenters. The molecule has 0 aromatic heterocycles. The first-order valence-electron chi connectivity index (χ1n) is 16.9. The first kappa shape index (κ1) is 62.6. The van der Waals surface area contributed by atoms with Gasteiger partial charge < -0.3 is 30.6 Å². The molecule has 6 nitrogen and oxygen atoms in total. The van der Waals surface area contributed by atoms with Crippen LogP contribution >= 0.6 is 0 Å². The molecule has 0 aliphatic rings. The van der Waals surface area contributed by atoms with Crippen molar-refractivity contribution in [2.45, 2.75) is 164 Å². The predicted octanol–water partition coefficient (Wildman–Crippen LogP) is 13.1. The standard InChI is InChI=1S/C24H12.6C3H8O.6CH4/c1-2-14-5-6-16-9-11-18-12-10-17-8-7-15-4-3-13(1)19-20(14)22(16)24(18)23(17)21(15)19;6*1-3(2)4;;;;;;/h1-12H;6*3-4H,1-2H3;6*1H4. The molecule has 0 saturated carbocycles. The van der Waals surface area contributed by atoms with Gasteiger partial charge in [-0.2, -0.15) is 0 Å². The van der Waals surface area contributed by atoms with Gasteiger partial charge in [0.1, 0.15) is 0 Å². The van der Waals surface area contributed by atoms with E-state index < -0.39 is 0 Å². The number of hydrogen-bond donors (Lipinski definition) is 6. The third kappa shape index (κ3) is 19.8. The maximum Gasteiger partial charge on any atom is 0.0483 e. The lowest BCUT2D eigenvalue weighted by molar-refractivity contribution is 0.215. The lowest BCUT2D eigenvalue weighted by atomic mass is 9.83. The third-order valence-electron chi connectivity index (χ3n) is 5.89. The Hall–Kier alpha value is -3.36. The quantitative estimate of drug-likeness (QED) is 0.0677. The fraction of sp³-hybridized carbons (Fsp3) is 0.500. The fourth-order valence-corrected chi connectivity index (χ4v) is 4.89. The van der Waals surface area contributed by atoms with Crippen molar-refractivity contribution in [3.05, 3.63) is 72.8 Å². The van der Waals surface area contributed by atoms with Crippen molar-refractivity contribution < 1.29 is 30.6 Å². The van der Waals surface area contributed by atoms with Crippen LogP contribution in [0, 0.1) is 0 Å². The van der Waals surface area contributed by atoms with Gasteiger partial charge in [-0.1, -0.05) is 117 Å². The molecule has 0 aliphatic heterocycles. The first-order valence-corrected chi connectivity index (χ1v) is 16.9. The van der Waals surface area contributed by atoms with Crippen molar-refractivity contribution in [3.63, 3.8) is 0 Å². The van der Waals surface area contributed by atoms with Crippen LogP contribution in [0.3, 0.4) is 0 Å². The summed E-state index contributed by atoms with van der Waals surface area (Å²) in [5.74, 6) is 0. The molecule has 54 heavy (non-hydrogen) atoms. The summed E-state index contributed by atoms with van der Waals surface area (Å²) in [7, 11) is 0. The summed E-state index contributed by atoms with van der Waals surface area (Å²) in [6.07, 6.45) is -1.00. The van der Waals surface area contributed by atoms with E-state index in [-0.39, 0.29) is 81.2 Å². The van der Waals surface area contributed by atoms with Crippen LogP contribution in [-0.2, 0) is 0 Å². The molecule has 0 fully saturated rings. The average molecular weight is 757 g/mol. The van der Waals surface area contributed by atoms with Gasteiger partial charge in [0.2, 0.25) is 0 Å². The van der Waals surface area contributed by atoms with Crippen LogP contribution in [0.1, 0.15) is 128 Å². The van der Waals surface area contributed by atoms with E-state index in [2.05, 4.69) is 72.8 Å². The summed E-state index contributed by atoms with van der Waals surface area (Å²) in [6.45, 7) is 20.7. The maximum atomic E-state index is 8.06. The Bertz CT molecular complexity index is 1400. The van der Waals surface area contributed by atoms with Crippen LogP contribution in [0.15, 0.2) is 72.8 Å². The summed E-state index contributed by atoms with van der Waals surface area (Å²) in [4.78, 5) is 0. The van der Waals surface area contributed by atoms with Gasteiger partial charge in [-0.25, -0.2) is 0 Å². The van der Waals surface area contributed by atoms with Gasteiger partial charge in [0.05, 0.1) is 0 Å². The molecule has 7 aromatic carbocycles. The van der Waals surface area contributed by atoms with Crippen LogP contribution in [0.25, 0.3) is 64.6 Å². The van der Waals surface area contributed by atoms with Crippen molar-refractivity contribution in [2.75, 3.05) is 0 Å². The van der Waals surface area contributed by atoms with Crippen molar-refractivity contribution in [1.29, 1.82) is 0 Å². The molecule has 0 amide bonds. The van der Waals surface area contributed by atoms with E-state index in [1.54, 1.807) is 83.1 Å². The minimum atomic E-state index is -0.167. The number of benzene rings is 7. The van der Waals surface area contributed by atoms with Crippen molar-refractivity contribution in [3.8, 4) is 0 Å². The van der Waals surface area contributed by atoms with E-state index in [0.29, 0.717) is 0 Å². The Morgan fingerprint density at radius 2 is 0.278 bits per heavy atom. The topological polar surface area (TPSA) is 121 Å². The van der Waals surface area contributed by atoms with E-state index in [0.717, 1.165) is 0 Å². The zero-order valence-corrected chi connectivity index (χ0v) is 31.1. The largest absolute Gasteiger partial charge is 0.394 e. The predicted molar refractivity (Wildman–Crippen MR) is 250 cm³/mol. The molecule has 0 unspecified atom stereocenters. The van der Waals surface area contributed by atoms with Crippen LogP contribution in [0.5, 0.6) is 0 Å². The van der Waals surface area contributed by atoms with Crippen molar-refractivity contribution in [1.82, 2.24) is 0 Å². The van der Waals surface area contributed by atoms with Crippen molar-refractivity contribution >= 4 is 64.6 Å². The smallest absolute Gasteiger partial charge is 0.0483 e. The molecule has 0 aliphatic carbocycles. The first-order chi connectivity index (χ1) is 22.3. The van der Waals surface area contributed by atoms with E-state index in [1.807, 2.05) is 0 Å². The summed E-state index contributed by atoms with van der Waals surface area (Å²) in [6, 6.07) is 27.3. The molecule has 6 N–H and O–H groups in total. The normalized spacial score (nSPS) is 9.78. The Balaban J connectivity index is -0.000000163. The Labute approximate surface area is 331 Å². The fourth-order valence-electron chi connectivity index (χ4n) is 4.89. The molecule has 0 radical (unpaired) electrons. The molecule has 7 rings (SSSR count). The lowest BCUT2D eigenvalue weighted by Gasteiger charge is -2.20. The van der Waals surface area contributed by atoms with Gasteiger partial charge in [-0.15, -0.1) is 0 Å². The Morgan fingerprint density at radius 3 is 0.333 bits per heavy atom. The van der Waals surface area contributed by atoms with Crippen LogP contribution in [0.4, 0.5) is 0 Å². The summed E-state index contributed by atoms with van der Waals surface area (Å²) >= 11 is 0. The highest BCUT2D eigenvalue weighted by Gasteiger charge is 2.19. The average Bonchev–Trinajstić information content (AvgIpc) is 2.94. The maximum absolute atomic E-state index is 8.06. The van der Waals surface area contributed by atoms with Crippen LogP contribution in [-0.4, -0.2) is 67.3 Å². The summed E-state index contributed by atoms with van der Waals surface area (Å²) < 4.78 is 0. The Kier molecular flexibility index (Phi) is 34.7. The highest BCUT2D eigenvalue weighted by molar-refractivity contribution is 6.44. The molecule has 0 bridgehead atoms. The highest BCUT2D eigenvalue weighted by Crippen LogP contribution is 2.47. The lowest BCUT2D eigenvalue weighted by Crippen LogP contribution is -1.91. The van der Waals surface area contributed by atoms with E-state index in [4.69, 9.17) is 30.6 Å². The molecule has 0 spiro atoms. The van der Waals surface area contributed by atoms with Gasteiger partial charge in [0, 0.05) is 36.6 Å². The van der Waals surface area contributed by atoms with Gasteiger partial charge in [-0.3, -0.25) is 0 Å². The Morgan fingerprint density at radius 1 is 0.222 bits per heavy atom. The third-order valence-corrected chi connectivity index (χ3v) is 5.89. The van der Waals surface area contributed by atoms with Crippen LogP contribution < -0.4 is 0 Å². The molecule has 0 saturated heterocycles. The van der Waals surface area contributed by atoms with E-state index in [9.17, 15) is 0 Å².